The van der Waals surface area contributed by atoms with Crippen molar-refractivity contribution < 1.29 is 9.53 Å². The predicted octanol–water partition coefficient (Wildman–Crippen LogP) is 3.13. The van der Waals surface area contributed by atoms with Crippen LogP contribution in [0.25, 0.3) is 11.1 Å². The molecule has 1 heterocycles. The van der Waals surface area contributed by atoms with E-state index in [2.05, 4.69) is 24.7 Å². The largest absolute Gasteiger partial charge is 0.462 e. The van der Waals surface area contributed by atoms with Crippen molar-refractivity contribution in [1.82, 2.24) is 5.43 Å². The van der Waals surface area contributed by atoms with E-state index < -0.39 is 0 Å². The minimum absolute atomic E-state index is 0.246. The number of hydrogen-bond acceptors (Lipinski definition) is 4. The number of esters is 1. The Morgan fingerprint density at radius 1 is 1.30 bits per heavy atom. The van der Waals surface area contributed by atoms with Gasteiger partial charge in [-0.3, -0.25) is 0 Å². The Bertz CT molecular complexity index is 649. The first-order valence-electron chi connectivity index (χ1n) is 6.81. The standard InChI is InChI=1S/C16H18N2O2/c1-4-20-15(19)11-9-12-14-10(11)7-5-6-8-13(14)17-18-16(12,2)3/h5-9,17-18H,4H2,1-3H3. The van der Waals surface area contributed by atoms with Gasteiger partial charge in [0.2, 0.25) is 0 Å². The predicted molar refractivity (Wildman–Crippen MR) is 78.8 cm³/mol. The molecule has 2 N–H and O–H groups in total. The molecule has 0 saturated heterocycles. The summed E-state index contributed by atoms with van der Waals surface area (Å²) < 4.78 is 5.17. The van der Waals surface area contributed by atoms with Crippen LogP contribution in [0.15, 0.2) is 30.3 Å². The number of anilines is 1. The van der Waals surface area contributed by atoms with Crippen LogP contribution in [-0.4, -0.2) is 12.6 Å². The summed E-state index contributed by atoms with van der Waals surface area (Å²) >= 11 is 0. The van der Waals surface area contributed by atoms with Gasteiger partial charge >= 0.3 is 5.97 Å². The Labute approximate surface area is 118 Å². The van der Waals surface area contributed by atoms with Gasteiger partial charge in [-0.05, 0) is 44.0 Å². The van der Waals surface area contributed by atoms with E-state index in [1.807, 2.05) is 37.3 Å². The summed E-state index contributed by atoms with van der Waals surface area (Å²) in [5, 5.41) is 0. The number of hydrazine groups is 1. The molecule has 1 aliphatic heterocycles. The first kappa shape index (κ1) is 12.9. The molecule has 4 nitrogen and oxygen atoms in total. The van der Waals surface area contributed by atoms with E-state index in [1.54, 1.807) is 0 Å². The summed E-state index contributed by atoms with van der Waals surface area (Å²) in [5.74, 6) is -0.265. The third-order valence-corrected chi connectivity index (χ3v) is 3.70. The van der Waals surface area contributed by atoms with Gasteiger partial charge in [0.15, 0.2) is 0 Å². The van der Waals surface area contributed by atoms with Gasteiger partial charge in [0.25, 0.3) is 0 Å². The topological polar surface area (TPSA) is 50.4 Å². The van der Waals surface area contributed by atoms with E-state index in [0.717, 1.165) is 22.4 Å². The lowest BCUT2D eigenvalue weighted by atomic mass is 9.91. The maximum absolute atomic E-state index is 12.2. The van der Waals surface area contributed by atoms with Crippen LogP contribution < -0.4 is 10.9 Å². The van der Waals surface area contributed by atoms with Crippen LogP contribution in [0.4, 0.5) is 5.69 Å². The average molecular weight is 270 g/mol. The fourth-order valence-corrected chi connectivity index (χ4v) is 2.69. The molecule has 0 amide bonds. The van der Waals surface area contributed by atoms with Crippen LogP contribution in [-0.2, 0) is 10.3 Å². The summed E-state index contributed by atoms with van der Waals surface area (Å²) in [5.41, 5.74) is 11.0. The molecule has 3 aliphatic rings. The van der Waals surface area contributed by atoms with E-state index in [1.165, 1.54) is 0 Å². The van der Waals surface area contributed by atoms with Crippen molar-refractivity contribution in [3.63, 3.8) is 0 Å². The van der Waals surface area contributed by atoms with Crippen LogP contribution >= 0.6 is 0 Å². The fourth-order valence-electron chi connectivity index (χ4n) is 2.69. The average Bonchev–Trinajstić information content (AvgIpc) is 2.66. The molecule has 0 bridgehead atoms. The summed E-state index contributed by atoms with van der Waals surface area (Å²) in [6, 6.07) is 9.82. The Morgan fingerprint density at radius 3 is 2.80 bits per heavy atom. The molecule has 104 valence electrons. The molecule has 20 heavy (non-hydrogen) atoms. The molecule has 0 fully saturated rings. The summed E-state index contributed by atoms with van der Waals surface area (Å²) in [4.78, 5) is 12.2. The van der Waals surface area contributed by atoms with Crippen molar-refractivity contribution in [2.24, 2.45) is 0 Å². The van der Waals surface area contributed by atoms with Gasteiger partial charge in [0, 0.05) is 5.56 Å². The number of hydrogen-bond donors (Lipinski definition) is 2. The second-order valence-electron chi connectivity index (χ2n) is 5.49. The molecule has 0 radical (unpaired) electrons. The zero-order valence-electron chi connectivity index (χ0n) is 11.9. The van der Waals surface area contributed by atoms with Gasteiger partial charge in [-0.1, -0.05) is 18.2 Å². The van der Waals surface area contributed by atoms with Crippen LogP contribution in [0.5, 0.6) is 0 Å². The van der Waals surface area contributed by atoms with Gasteiger partial charge in [-0.15, -0.1) is 0 Å². The first-order valence-corrected chi connectivity index (χ1v) is 6.81. The SMILES string of the molecule is CCOC(=O)c1cc2c3c(ccccc1-3)NNC2(C)C. The number of nitrogens with one attached hydrogen (secondary N) is 2. The molecule has 0 spiro atoms. The van der Waals surface area contributed by atoms with Crippen molar-refractivity contribution in [3.8, 4) is 11.1 Å². The van der Waals surface area contributed by atoms with Crippen LogP contribution in [0, 0.1) is 0 Å². The van der Waals surface area contributed by atoms with E-state index in [9.17, 15) is 4.79 Å². The van der Waals surface area contributed by atoms with Crippen molar-refractivity contribution in [3.05, 3.63) is 41.5 Å². The van der Waals surface area contributed by atoms with E-state index >= 15 is 0 Å². The molecule has 0 saturated carbocycles. The highest BCUT2D eigenvalue weighted by molar-refractivity contribution is 6.03. The second kappa shape index (κ2) is 4.49. The first-order chi connectivity index (χ1) is 9.54. The number of carbonyl (C=O) groups is 1. The molecule has 0 unspecified atom stereocenters. The quantitative estimate of drug-likeness (QED) is 0.823. The lowest BCUT2D eigenvalue weighted by molar-refractivity contribution is 0.0527. The summed E-state index contributed by atoms with van der Waals surface area (Å²) in [6.07, 6.45) is 0. The second-order valence-corrected chi connectivity index (χ2v) is 5.49. The lowest BCUT2D eigenvalue weighted by Crippen LogP contribution is -2.43. The number of rotatable bonds is 2. The molecule has 0 aromatic rings. The highest BCUT2D eigenvalue weighted by Gasteiger charge is 2.34. The highest BCUT2D eigenvalue weighted by Crippen LogP contribution is 2.44. The minimum atomic E-state index is -0.265. The van der Waals surface area contributed by atoms with Crippen molar-refractivity contribution in [2.75, 3.05) is 12.0 Å². The van der Waals surface area contributed by atoms with Gasteiger partial charge < -0.3 is 10.2 Å². The van der Waals surface area contributed by atoms with Gasteiger partial charge in [0.1, 0.15) is 0 Å². The molecular formula is C16H18N2O2. The highest BCUT2D eigenvalue weighted by atomic mass is 16.5. The van der Waals surface area contributed by atoms with Crippen molar-refractivity contribution >= 4 is 11.7 Å². The van der Waals surface area contributed by atoms with E-state index in [-0.39, 0.29) is 11.5 Å². The Hall–Kier alpha value is -2.07. The molecule has 0 atom stereocenters. The van der Waals surface area contributed by atoms with Gasteiger partial charge in [-0.25, -0.2) is 10.2 Å². The molecule has 4 heteroatoms. The third kappa shape index (κ3) is 1.84. The maximum Gasteiger partial charge on any atom is 0.338 e. The van der Waals surface area contributed by atoms with Crippen LogP contribution in [0.1, 0.15) is 36.7 Å². The van der Waals surface area contributed by atoms with Crippen LogP contribution in [0.2, 0.25) is 0 Å². The fraction of sp³-hybridized carbons (Fsp3) is 0.312. The number of carbonyl (C=O) groups excluding carboxylic acids is 1. The smallest absolute Gasteiger partial charge is 0.338 e. The monoisotopic (exact) mass is 270 g/mol. The molecule has 0 aromatic carbocycles. The van der Waals surface area contributed by atoms with Gasteiger partial charge in [0.05, 0.1) is 23.4 Å². The summed E-state index contributed by atoms with van der Waals surface area (Å²) in [7, 11) is 0. The normalized spacial score (nSPS) is 15.8. The van der Waals surface area contributed by atoms with E-state index in [4.69, 9.17) is 4.74 Å². The minimum Gasteiger partial charge on any atom is -0.462 e. The van der Waals surface area contributed by atoms with E-state index in [0.29, 0.717) is 12.2 Å². The molecule has 0 aromatic heterocycles. The molecular weight excluding hydrogens is 252 g/mol. The molecule has 3 rings (SSSR count). The van der Waals surface area contributed by atoms with Crippen molar-refractivity contribution in [1.29, 1.82) is 0 Å². The zero-order valence-corrected chi connectivity index (χ0v) is 11.9. The lowest BCUT2D eigenvalue weighted by Gasteiger charge is -2.33. The third-order valence-electron chi connectivity index (χ3n) is 3.70. The van der Waals surface area contributed by atoms with Crippen LogP contribution in [0.3, 0.4) is 0 Å². The Kier molecular flexibility index (Phi) is 2.91. The van der Waals surface area contributed by atoms with Crippen molar-refractivity contribution in [2.45, 2.75) is 26.3 Å². The summed E-state index contributed by atoms with van der Waals surface area (Å²) in [6.45, 7) is 6.37. The number of ether oxygens (including phenoxy) is 1. The zero-order chi connectivity index (χ0) is 14.3. The Balaban J connectivity index is 2.26. The Morgan fingerprint density at radius 2 is 2.05 bits per heavy atom. The molecule has 2 aliphatic carbocycles. The maximum atomic E-state index is 12.2. The van der Waals surface area contributed by atoms with Gasteiger partial charge in [-0.2, -0.15) is 0 Å².